The molecule has 4 heteroatoms. The lowest BCUT2D eigenvalue weighted by Gasteiger charge is -2.07. The molecule has 0 radical (unpaired) electrons. The van der Waals surface area contributed by atoms with Gasteiger partial charge in [0.1, 0.15) is 0 Å². The van der Waals surface area contributed by atoms with Gasteiger partial charge in [0.15, 0.2) is 5.16 Å². The minimum atomic E-state index is 0.685. The summed E-state index contributed by atoms with van der Waals surface area (Å²) in [5.41, 5.74) is 0. The quantitative estimate of drug-likeness (QED) is 0.680. The summed E-state index contributed by atoms with van der Waals surface area (Å²) in [6, 6.07) is 0. The Kier molecular flexibility index (Phi) is 4.18. The Balaban J connectivity index is 2.17. The molecule has 0 aliphatic rings. The Hall–Kier alpha value is -0.480. The van der Waals surface area contributed by atoms with Crippen molar-refractivity contribution in [2.75, 3.05) is 19.3 Å². The summed E-state index contributed by atoms with van der Waals surface area (Å²) in [4.78, 5) is 7.20. The molecule has 0 saturated heterocycles. The smallest absolute Gasteiger partial charge is 0.165 e. The highest BCUT2D eigenvalue weighted by Crippen LogP contribution is 2.15. The maximum absolute atomic E-state index is 4.14. The molecule has 12 heavy (non-hydrogen) atoms. The molecule has 3 nitrogen and oxygen atoms in total. The van der Waals surface area contributed by atoms with E-state index >= 15 is 0 Å². The van der Waals surface area contributed by atoms with Crippen LogP contribution in [0.5, 0.6) is 0 Å². The predicted molar refractivity (Wildman–Crippen MR) is 52.4 cm³/mol. The van der Waals surface area contributed by atoms with Gasteiger partial charge < -0.3 is 10.3 Å². The maximum atomic E-state index is 4.14. The number of thioether (sulfide) groups is 1. The average molecular weight is 185 g/mol. The highest BCUT2D eigenvalue weighted by molar-refractivity contribution is 7.99. The highest BCUT2D eigenvalue weighted by Gasteiger charge is 2.02. The van der Waals surface area contributed by atoms with Gasteiger partial charge in [0.05, 0.1) is 0 Å². The molecule has 1 aromatic heterocycles. The molecule has 0 aliphatic carbocycles. The van der Waals surface area contributed by atoms with Crippen LogP contribution < -0.4 is 5.32 Å². The van der Waals surface area contributed by atoms with E-state index in [-0.39, 0.29) is 0 Å². The van der Waals surface area contributed by atoms with E-state index in [4.69, 9.17) is 0 Å². The van der Waals surface area contributed by atoms with E-state index in [9.17, 15) is 0 Å². The van der Waals surface area contributed by atoms with Crippen molar-refractivity contribution in [1.29, 1.82) is 0 Å². The number of aromatic amines is 1. The molecule has 0 aromatic carbocycles. The lowest BCUT2D eigenvalue weighted by molar-refractivity contribution is 0.603. The Labute approximate surface area is 77.4 Å². The van der Waals surface area contributed by atoms with Crippen LogP contribution in [0.15, 0.2) is 17.6 Å². The molecule has 0 amide bonds. The van der Waals surface area contributed by atoms with E-state index in [1.165, 1.54) is 0 Å². The van der Waals surface area contributed by atoms with Crippen molar-refractivity contribution in [3.63, 3.8) is 0 Å². The summed E-state index contributed by atoms with van der Waals surface area (Å²) in [7, 11) is 1.98. The second-order valence-corrected chi connectivity index (χ2v) is 3.88. The van der Waals surface area contributed by atoms with Crippen molar-refractivity contribution in [2.45, 2.75) is 12.1 Å². The largest absolute Gasteiger partial charge is 0.340 e. The summed E-state index contributed by atoms with van der Waals surface area (Å²) in [6.07, 6.45) is 3.64. The first-order chi connectivity index (χ1) is 5.83. The zero-order valence-corrected chi connectivity index (χ0v) is 8.32. The van der Waals surface area contributed by atoms with Gasteiger partial charge in [-0.05, 0) is 19.5 Å². The number of hydrogen-bond acceptors (Lipinski definition) is 3. The third-order valence-electron chi connectivity index (χ3n) is 1.53. The standard InChI is InChI=1S/C8H15N3S/c1-7(5-9-2)6-12-8-10-3-4-11-8/h3-4,7,9H,5-6H2,1-2H3,(H,10,11). The molecule has 2 N–H and O–H groups in total. The Morgan fingerprint density at radius 3 is 3.17 bits per heavy atom. The van der Waals surface area contributed by atoms with Crippen molar-refractivity contribution in [1.82, 2.24) is 15.3 Å². The first-order valence-corrected chi connectivity index (χ1v) is 5.08. The minimum absolute atomic E-state index is 0.685. The molecule has 1 rings (SSSR count). The fourth-order valence-electron chi connectivity index (χ4n) is 0.958. The first kappa shape index (κ1) is 9.61. The van der Waals surface area contributed by atoms with Gasteiger partial charge in [-0.1, -0.05) is 18.7 Å². The van der Waals surface area contributed by atoms with Gasteiger partial charge in [0.2, 0.25) is 0 Å². The molecule has 1 heterocycles. The van der Waals surface area contributed by atoms with Gasteiger partial charge in [-0.15, -0.1) is 0 Å². The van der Waals surface area contributed by atoms with Gasteiger partial charge in [0.25, 0.3) is 0 Å². The number of nitrogens with zero attached hydrogens (tertiary/aromatic N) is 1. The Morgan fingerprint density at radius 1 is 1.75 bits per heavy atom. The molecule has 0 fully saturated rings. The van der Waals surface area contributed by atoms with Crippen LogP contribution >= 0.6 is 11.8 Å². The summed E-state index contributed by atoms with van der Waals surface area (Å²) in [6.45, 7) is 3.29. The van der Waals surface area contributed by atoms with Crippen molar-refractivity contribution in [3.8, 4) is 0 Å². The van der Waals surface area contributed by atoms with Crippen molar-refractivity contribution >= 4 is 11.8 Å². The van der Waals surface area contributed by atoms with Gasteiger partial charge in [-0.3, -0.25) is 0 Å². The van der Waals surface area contributed by atoms with Crippen LogP contribution in [-0.4, -0.2) is 29.3 Å². The molecular weight excluding hydrogens is 170 g/mol. The summed E-state index contributed by atoms with van der Waals surface area (Å²) in [5, 5.41) is 4.17. The van der Waals surface area contributed by atoms with Crippen molar-refractivity contribution < 1.29 is 0 Å². The van der Waals surface area contributed by atoms with Crippen LogP contribution in [-0.2, 0) is 0 Å². The zero-order chi connectivity index (χ0) is 8.81. The van der Waals surface area contributed by atoms with Gasteiger partial charge >= 0.3 is 0 Å². The number of H-pyrrole nitrogens is 1. The third-order valence-corrected chi connectivity index (χ3v) is 2.76. The fraction of sp³-hybridized carbons (Fsp3) is 0.625. The molecular formula is C8H15N3S. The van der Waals surface area contributed by atoms with Crippen molar-refractivity contribution in [2.24, 2.45) is 5.92 Å². The summed E-state index contributed by atoms with van der Waals surface area (Å²) < 4.78 is 0. The predicted octanol–water partition coefficient (Wildman–Crippen LogP) is 1.36. The number of hydrogen-bond donors (Lipinski definition) is 2. The molecule has 1 aromatic rings. The topological polar surface area (TPSA) is 40.7 Å². The van der Waals surface area contributed by atoms with E-state index in [1.807, 2.05) is 13.2 Å². The maximum Gasteiger partial charge on any atom is 0.165 e. The van der Waals surface area contributed by atoms with Crippen LogP contribution in [0.2, 0.25) is 0 Å². The number of aromatic nitrogens is 2. The molecule has 1 atom stereocenters. The fourth-order valence-corrected chi connectivity index (χ4v) is 1.81. The lowest BCUT2D eigenvalue weighted by atomic mass is 10.2. The molecule has 0 bridgehead atoms. The number of imidazole rings is 1. The minimum Gasteiger partial charge on any atom is -0.340 e. The second-order valence-electron chi connectivity index (χ2n) is 2.87. The van der Waals surface area contributed by atoms with Crippen molar-refractivity contribution in [3.05, 3.63) is 12.4 Å². The second kappa shape index (κ2) is 5.22. The van der Waals surface area contributed by atoms with Crippen LogP contribution in [0.25, 0.3) is 0 Å². The van der Waals surface area contributed by atoms with E-state index < -0.39 is 0 Å². The SMILES string of the molecule is CNCC(C)CSc1ncc[nH]1. The summed E-state index contributed by atoms with van der Waals surface area (Å²) >= 11 is 1.77. The van der Waals surface area contributed by atoms with E-state index in [0.29, 0.717) is 5.92 Å². The normalized spacial score (nSPS) is 13.2. The lowest BCUT2D eigenvalue weighted by Crippen LogP contribution is -2.17. The van der Waals surface area contributed by atoms with Crippen LogP contribution in [0.1, 0.15) is 6.92 Å². The van der Waals surface area contributed by atoms with Crippen LogP contribution in [0.4, 0.5) is 0 Å². The number of rotatable bonds is 5. The van der Waals surface area contributed by atoms with Gasteiger partial charge in [0, 0.05) is 18.1 Å². The van der Waals surface area contributed by atoms with E-state index in [0.717, 1.165) is 17.5 Å². The van der Waals surface area contributed by atoms with Gasteiger partial charge in [-0.25, -0.2) is 4.98 Å². The Morgan fingerprint density at radius 2 is 2.58 bits per heavy atom. The summed E-state index contributed by atoms with van der Waals surface area (Å²) in [5.74, 6) is 1.79. The Bertz CT molecular complexity index is 198. The molecule has 0 aliphatic heterocycles. The van der Waals surface area contributed by atoms with E-state index in [2.05, 4.69) is 22.2 Å². The van der Waals surface area contributed by atoms with Crippen LogP contribution in [0, 0.1) is 5.92 Å². The molecule has 0 spiro atoms. The highest BCUT2D eigenvalue weighted by atomic mass is 32.2. The van der Waals surface area contributed by atoms with Gasteiger partial charge in [-0.2, -0.15) is 0 Å². The van der Waals surface area contributed by atoms with E-state index in [1.54, 1.807) is 18.0 Å². The molecule has 0 saturated carbocycles. The third kappa shape index (κ3) is 3.28. The molecule has 68 valence electrons. The zero-order valence-electron chi connectivity index (χ0n) is 7.50. The molecule has 1 unspecified atom stereocenters. The van der Waals surface area contributed by atoms with Crippen LogP contribution in [0.3, 0.4) is 0 Å². The number of nitrogens with one attached hydrogen (secondary N) is 2. The average Bonchev–Trinajstić information content (AvgIpc) is 2.53. The first-order valence-electron chi connectivity index (χ1n) is 4.09. The monoisotopic (exact) mass is 185 g/mol.